The van der Waals surface area contributed by atoms with Crippen molar-refractivity contribution in [2.45, 2.75) is 6.92 Å². The van der Waals surface area contributed by atoms with E-state index in [2.05, 4.69) is 10.3 Å². The van der Waals surface area contributed by atoms with Crippen LogP contribution in [0.4, 0.5) is 11.4 Å². The third kappa shape index (κ3) is 3.34. The number of nitriles is 1. The number of hydrogen-bond donors (Lipinski definition) is 2. The maximum atomic E-state index is 10.7. The molecule has 0 saturated heterocycles. The summed E-state index contributed by atoms with van der Waals surface area (Å²) in [5.41, 5.74) is 1.06. The molecule has 0 atom stereocenters. The molecule has 0 radical (unpaired) electrons. The van der Waals surface area contributed by atoms with E-state index in [9.17, 15) is 15.2 Å². The van der Waals surface area contributed by atoms with Gasteiger partial charge >= 0.3 is 0 Å². The molecule has 0 fully saturated rings. The van der Waals surface area contributed by atoms with Crippen LogP contribution in [-0.4, -0.2) is 15.0 Å². The van der Waals surface area contributed by atoms with Crippen molar-refractivity contribution in [3.8, 4) is 11.8 Å². The molecule has 1 aromatic carbocycles. The van der Waals surface area contributed by atoms with Gasteiger partial charge in [0.15, 0.2) is 0 Å². The molecule has 2 N–H and O–H groups in total. The predicted molar refractivity (Wildman–Crippen MR) is 78.8 cm³/mol. The summed E-state index contributed by atoms with van der Waals surface area (Å²) in [4.78, 5) is 14.3. The number of non-ortho nitro benzene ring substituents is 1. The first-order valence-corrected chi connectivity index (χ1v) is 6.66. The maximum Gasteiger partial charge on any atom is 0.271 e. The quantitative estimate of drug-likeness (QED) is 0.388. The number of aromatic nitrogens is 1. The van der Waals surface area contributed by atoms with Gasteiger partial charge in [0.25, 0.3) is 5.69 Å². The van der Waals surface area contributed by atoms with E-state index in [1.165, 1.54) is 35.7 Å². The van der Waals surface area contributed by atoms with E-state index in [-0.39, 0.29) is 22.7 Å². The van der Waals surface area contributed by atoms with E-state index in [4.69, 9.17) is 5.26 Å². The van der Waals surface area contributed by atoms with Crippen molar-refractivity contribution in [2.75, 3.05) is 5.32 Å². The molecule has 0 aliphatic rings. The Balaban J connectivity index is 2.29. The molecule has 106 valence electrons. The Morgan fingerprint density at radius 2 is 2.38 bits per heavy atom. The summed E-state index contributed by atoms with van der Waals surface area (Å²) in [7, 11) is 0. The van der Waals surface area contributed by atoms with Gasteiger partial charge in [0, 0.05) is 29.4 Å². The van der Waals surface area contributed by atoms with E-state index in [1.54, 1.807) is 0 Å². The summed E-state index contributed by atoms with van der Waals surface area (Å²) in [6.07, 6.45) is 1.36. The van der Waals surface area contributed by atoms with Crippen molar-refractivity contribution in [1.29, 1.82) is 5.26 Å². The minimum absolute atomic E-state index is 0.144. The Bertz CT molecular complexity index is 761. The Kier molecular flexibility index (Phi) is 4.15. The summed E-state index contributed by atoms with van der Waals surface area (Å²) in [5.74, 6) is -0.149. The first-order valence-electron chi connectivity index (χ1n) is 5.78. The number of nitrogens with zero attached hydrogens (tertiary/aromatic N) is 3. The average molecular weight is 302 g/mol. The topological polar surface area (TPSA) is 112 Å². The highest BCUT2D eigenvalue weighted by Gasteiger charge is 2.10. The van der Waals surface area contributed by atoms with Crippen molar-refractivity contribution >= 4 is 28.3 Å². The lowest BCUT2D eigenvalue weighted by molar-refractivity contribution is -0.384. The number of rotatable bonds is 4. The van der Waals surface area contributed by atoms with Gasteiger partial charge in [-0.1, -0.05) is 0 Å². The van der Waals surface area contributed by atoms with Crippen LogP contribution in [0.25, 0.3) is 5.57 Å². The molecule has 0 saturated carbocycles. The number of thiazole rings is 1. The number of nitro groups is 1. The highest BCUT2D eigenvalue weighted by molar-refractivity contribution is 7.10. The number of aryl methyl sites for hydroxylation is 1. The number of phenols is 1. The Morgan fingerprint density at radius 3 is 2.95 bits per heavy atom. The summed E-state index contributed by atoms with van der Waals surface area (Å²) >= 11 is 1.32. The first kappa shape index (κ1) is 14.5. The fraction of sp³-hybridized carbons (Fsp3) is 0.0769. The average Bonchev–Trinajstić information content (AvgIpc) is 2.87. The van der Waals surface area contributed by atoms with E-state index in [1.807, 2.05) is 18.4 Å². The molecule has 1 aromatic heterocycles. The van der Waals surface area contributed by atoms with Crippen LogP contribution in [0.15, 0.2) is 29.8 Å². The third-order valence-corrected chi connectivity index (χ3v) is 3.53. The first-order chi connectivity index (χ1) is 10.0. The largest absolute Gasteiger partial charge is 0.506 e. The molecular weight excluding hydrogens is 292 g/mol. The van der Waals surface area contributed by atoms with E-state index >= 15 is 0 Å². The fourth-order valence-corrected chi connectivity index (χ4v) is 2.29. The number of hydrogen-bond acceptors (Lipinski definition) is 7. The summed E-state index contributed by atoms with van der Waals surface area (Å²) in [6, 6.07) is 5.59. The van der Waals surface area contributed by atoms with Gasteiger partial charge in [-0.05, 0) is 13.0 Å². The minimum atomic E-state index is -0.566. The second-order valence-electron chi connectivity index (χ2n) is 4.07. The minimum Gasteiger partial charge on any atom is -0.506 e. The zero-order valence-corrected chi connectivity index (χ0v) is 11.7. The predicted octanol–water partition coefficient (Wildman–Crippen LogP) is 3.04. The smallest absolute Gasteiger partial charge is 0.271 e. The van der Waals surface area contributed by atoms with Gasteiger partial charge in [-0.15, -0.1) is 11.3 Å². The second kappa shape index (κ2) is 6.02. The van der Waals surface area contributed by atoms with Crippen LogP contribution in [0.3, 0.4) is 0 Å². The lowest BCUT2D eigenvalue weighted by atomic mass is 10.2. The number of phenolic OH excluding ortho intramolecular Hbond substituents is 1. The number of benzene rings is 1. The number of anilines is 1. The standard InChI is InChI=1S/C13H10N4O3S/c1-8-7-21-13(16-8)9(5-14)6-15-11-4-10(17(19)20)2-3-12(11)18/h2-4,6-7,15,18H,1H3/b9-6+. The Morgan fingerprint density at radius 1 is 1.62 bits per heavy atom. The number of nitro benzene ring substituents is 1. The zero-order valence-electron chi connectivity index (χ0n) is 10.9. The lowest BCUT2D eigenvalue weighted by Gasteiger charge is -2.04. The van der Waals surface area contributed by atoms with Gasteiger partial charge in [0.05, 0.1) is 10.6 Å². The maximum absolute atomic E-state index is 10.7. The van der Waals surface area contributed by atoms with Crippen molar-refractivity contribution < 1.29 is 10.0 Å². The third-order valence-electron chi connectivity index (χ3n) is 2.53. The van der Waals surface area contributed by atoms with Crippen LogP contribution in [0.1, 0.15) is 10.7 Å². The van der Waals surface area contributed by atoms with Gasteiger partial charge in [-0.3, -0.25) is 10.1 Å². The van der Waals surface area contributed by atoms with Gasteiger partial charge < -0.3 is 10.4 Å². The highest BCUT2D eigenvalue weighted by Crippen LogP contribution is 2.28. The van der Waals surface area contributed by atoms with Gasteiger partial charge in [-0.25, -0.2) is 4.98 Å². The van der Waals surface area contributed by atoms with Crippen LogP contribution in [-0.2, 0) is 0 Å². The molecular formula is C13H10N4O3S. The van der Waals surface area contributed by atoms with Gasteiger partial charge in [0.1, 0.15) is 22.4 Å². The Labute approximate surface area is 124 Å². The molecule has 21 heavy (non-hydrogen) atoms. The van der Waals surface area contributed by atoms with Gasteiger partial charge in [0.2, 0.25) is 0 Å². The summed E-state index contributed by atoms with van der Waals surface area (Å²) in [5, 5.41) is 34.5. The van der Waals surface area contributed by atoms with Crippen molar-refractivity contribution in [3.63, 3.8) is 0 Å². The summed E-state index contributed by atoms with van der Waals surface area (Å²) < 4.78 is 0. The van der Waals surface area contributed by atoms with E-state index in [0.29, 0.717) is 5.01 Å². The highest BCUT2D eigenvalue weighted by atomic mass is 32.1. The van der Waals surface area contributed by atoms with Crippen LogP contribution in [0.5, 0.6) is 5.75 Å². The molecule has 2 aromatic rings. The van der Waals surface area contributed by atoms with Crippen molar-refractivity contribution in [1.82, 2.24) is 4.98 Å². The lowest BCUT2D eigenvalue weighted by Crippen LogP contribution is -1.94. The van der Waals surface area contributed by atoms with E-state index in [0.717, 1.165) is 5.69 Å². The molecule has 0 spiro atoms. The molecule has 8 heteroatoms. The van der Waals surface area contributed by atoms with Gasteiger partial charge in [-0.2, -0.15) is 5.26 Å². The van der Waals surface area contributed by atoms with Crippen LogP contribution in [0.2, 0.25) is 0 Å². The van der Waals surface area contributed by atoms with Crippen LogP contribution in [0, 0.1) is 28.4 Å². The van der Waals surface area contributed by atoms with E-state index < -0.39 is 4.92 Å². The molecule has 7 nitrogen and oxygen atoms in total. The van der Waals surface area contributed by atoms with Crippen molar-refractivity contribution in [3.05, 3.63) is 50.6 Å². The fourth-order valence-electron chi connectivity index (χ4n) is 1.52. The molecule has 2 rings (SSSR count). The molecule has 0 bridgehead atoms. The SMILES string of the molecule is Cc1csc(/C(C#N)=C/Nc2cc([N+](=O)[O-])ccc2O)n1. The van der Waals surface area contributed by atoms with Crippen LogP contribution < -0.4 is 5.32 Å². The molecule has 0 aliphatic carbocycles. The monoisotopic (exact) mass is 302 g/mol. The normalized spacial score (nSPS) is 11.0. The number of allylic oxidation sites excluding steroid dienone is 1. The molecule has 0 unspecified atom stereocenters. The molecule has 0 aliphatic heterocycles. The number of aromatic hydroxyl groups is 1. The molecule has 1 heterocycles. The summed E-state index contributed by atoms with van der Waals surface area (Å²) in [6.45, 7) is 1.81. The molecule has 0 amide bonds. The Hall–Kier alpha value is -2.92. The number of nitrogens with one attached hydrogen (secondary N) is 1. The van der Waals surface area contributed by atoms with Crippen molar-refractivity contribution in [2.24, 2.45) is 0 Å². The second-order valence-corrected chi connectivity index (χ2v) is 4.92. The zero-order chi connectivity index (χ0) is 15.4. The van der Waals surface area contributed by atoms with Crippen LogP contribution >= 0.6 is 11.3 Å².